The van der Waals surface area contributed by atoms with Gasteiger partial charge in [0.15, 0.2) is 0 Å². The Labute approximate surface area is 102 Å². The Balaban J connectivity index is 2.83. The minimum absolute atomic E-state index is 0.137. The van der Waals surface area contributed by atoms with E-state index in [2.05, 4.69) is 15.0 Å². The molecule has 0 radical (unpaired) electrons. The summed E-state index contributed by atoms with van der Waals surface area (Å²) < 4.78 is 17.3. The van der Waals surface area contributed by atoms with E-state index in [4.69, 9.17) is 11.6 Å². The summed E-state index contributed by atoms with van der Waals surface area (Å²) in [4.78, 5) is 26.2. The molecule has 1 aromatic rings. The third-order valence-electron chi connectivity index (χ3n) is 1.95. The van der Waals surface area contributed by atoms with E-state index in [1.165, 1.54) is 14.0 Å². The number of nitrogens with one attached hydrogen (secondary N) is 1. The number of hydrogen-bond acceptors (Lipinski definition) is 4. The molecule has 1 heterocycles. The zero-order valence-corrected chi connectivity index (χ0v) is 9.92. The Kier molecular flexibility index (Phi) is 4.39. The molecular formula is C10H10ClFN2O3. The molecule has 0 saturated carbocycles. The van der Waals surface area contributed by atoms with E-state index in [-0.39, 0.29) is 10.7 Å². The highest BCUT2D eigenvalue weighted by atomic mass is 35.5. The number of hydrogen-bond donors (Lipinski definition) is 1. The standard InChI is InChI=1S/C10H10ClFN2O3/c1-5(10(16)17-2)14-9(15)7-3-6(12)4-13-8(7)11/h3-5H,1-2H3,(H,14,15). The molecule has 1 rings (SSSR count). The van der Waals surface area contributed by atoms with Crippen LogP contribution in [0.1, 0.15) is 17.3 Å². The van der Waals surface area contributed by atoms with Gasteiger partial charge >= 0.3 is 5.97 Å². The molecule has 0 fully saturated rings. The SMILES string of the molecule is COC(=O)C(C)NC(=O)c1cc(F)cnc1Cl. The maximum Gasteiger partial charge on any atom is 0.328 e. The smallest absolute Gasteiger partial charge is 0.328 e. The number of carbonyl (C=O) groups excluding carboxylic acids is 2. The first-order valence-electron chi connectivity index (χ1n) is 4.65. The first kappa shape index (κ1) is 13.4. The minimum Gasteiger partial charge on any atom is -0.467 e. The van der Waals surface area contributed by atoms with Crippen LogP contribution in [0.4, 0.5) is 4.39 Å². The van der Waals surface area contributed by atoms with Crippen molar-refractivity contribution < 1.29 is 18.7 Å². The van der Waals surface area contributed by atoms with Gasteiger partial charge in [-0.05, 0) is 13.0 Å². The summed E-state index contributed by atoms with van der Waals surface area (Å²) in [5.74, 6) is -2.00. The summed E-state index contributed by atoms with van der Waals surface area (Å²) in [7, 11) is 1.20. The first-order valence-corrected chi connectivity index (χ1v) is 5.03. The maximum atomic E-state index is 12.9. The van der Waals surface area contributed by atoms with Crippen LogP contribution in [0.3, 0.4) is 0 Å². The number of esters is 1. The number of methoxy groups -OCH3 is 1. The van der Waals surface area contributed by atoms with E-state index in [1.807, 2.05) is 0 Å². The Morgan fingerprint density at radius 3 is 2.82 bits per heavy atom. The molecule has 0 aliphatic carbocycles. The number of amides is 1. The topological polar surface area (TPSA) is 68.3 Å². The van der Waals surface area contributed by atoms with Crippen molar-refractivity contribution in [3.63, 3.8) is 0 Å². The quantitative estimate of drug-likeness (QED) is 0.654. The van der Waals surface area contributed by atoms with Crippen molar-refractivity contribution in [2.75, 3.05) is 7.11 Å². The molecule has 0 spiro atoms. The molecule has 7 heteroatoms. The molecule has 0 bridgehead atoms. The summed E-state index contributed by atoms with van der Waals surface area (Å²) in [6, 6.07) is 0.0844. The molecule has 1 unspecified atom stereocenters. The number of nitrogens with zero attached hydrogens (tertiary/aromatic N) is 1. The fraction of sp³-hybridized carbons (Fsp3) is 0.300. The van der Waals surface area contributed by atoms with E-state index in [9.17, 15) is 14.0 Å². The second-order valence-electron chi connectivity index (χ2n) is 3.21. The van der Waals surface area contributed by atoms with Crippen LogP contribution in [-0.4, -0.2) is 30.0 Å². The molecule has 0 saturated heterocycles. The van der Waals surface area contributed by atoms with E-state index in [1.54, 1.807) is 0 Å². The highest BCUT2D eigenvalue weighted by Gasteiger charge is 2.19. The van der Waals surface area contributed by atoms with Gasteiger partial charge in [0.05, 0.1) is 18.9 Å². The number of halogens is 2. The van der Waals surface area contributed by atoms with Gasteiger partial charge < -0.3 is 10.1 Å². The molecule has 1 amide bonds. The highest BCUT2D eigenvalue weighted by Crippen LogP contribution is 2.13. The molecule has 92 valence electrons. The molecule has 0 aliphatic rings. The average molecular weight is 261 g/mol. The van der Waals surface area contributed by atoms with Crippen LogP contribution >= 0.6 is 11.6 Å². The van der Waals surface area contributed by atoms with Gasteiger partial charge in [0.25, 0.3) is 5.91 Å². The summed E-state index contributed by atoms with van der Waals surface area (Å²) in [6.45, 7) is 1.43. The van der Waals surface area contributed by atoms with Crippen molar-refractivity contribution in [1.82, 2.24) is 10.3 Å². The van der Waals surface area contributed by atoms with Crippen molar-refractivity contribution in [3.05, 3.63) is 28.8 Å². The first-order chi connectivity index (χ1) is 7.95. The van der Waals surface area contributed by atoms with Gasteiger partial charge in [0.1, 0.15) is 17.0 Å². The lowest BCUT2D eigenvalue weighted by Crippen LogP contribution is -2.39. The number of rotatable bonds is 3. The third-order valence-corrected chi connectivity index (χ3v) is 2.25. The van der Waals surface area contributed by atoms with Gasteiger partial charge in [-0.15, -0.1) is 0 Å². The molecule has 5 nitrogen and oxygen atoms in total. The van der Waals surface area contributed by atoms with E-state index < -0.39 is 23.7 Å². The van der Waals surface area contributed by atoms with Gasteiger partial charge in [-0.1, -0.05) is 11.6 Å². The predicted octanol–water partition coefficient (Wildman–Crippen LogP) is 1.17. The number of ether oxygens (including phenoxy) is 1. The largest absolute Gasteiger partial charge is 0.467 e. The highest BCUT2D eigenvalue weighted by molar-refractivity contribution is 6.32. The molecular weight excluding hydrogens is 251 g/mol. The summed E-state index contributed by atoms with van der Waals surface area (Å²) in [5.41, 5.74) is -0.137. The van der Waals surface area contributed by atoms with Gasteiger partial charge in [-0.2, -0.15) is 0 Å². The van der Waals surface area contributed by atoms with Crippen molar-refractivity contribution in [3.8, 4) is 0 Å². The molecule has 1 aromatic heterocycles. The number of carbonyl (C=O) groups is 2. The molecule has 1 N–H and O–H groups in total. The van der Waals surface area contributed by atoms with Gasteiger partial charge in [-0.3, -0.25) is 4.79 Å². The Morgan fingerprint density at radius 1 is 1.59 bits per heavy atom. The van der Waals surface area contributed by atoms with Gasteiger partial charge in [-0.25, -0.2) is 14.2 Å². The summed E-state index contributed by atoms with van der Waals surface area (Å²) in [6.07, 6.45) is 0.892. The van der Waals surface area contributed by atoms with Crippen molar-refractivity contribution in [2.45, 2.75) is 13.0 Å². The number of pyridine rings is 1. The van der Waals surface area contributed by atoms with Crippen LogP contribution < -0.4 is 5.32 Å². The Hall–Kier alpha value is -1.69. The Morgan fingerprint density at radius 2 is 2.24 bits per heavy atom. The maximum absolute atomic E-state index is 12.9. The number of aromatic nitrogens is 1. The van der Waals surface area contributed by atoms with Crippen LogP contribution in [0, 0.1) is 5.82 Å². The molecule has 0 aromatic carbocycles. The summed E-state index contributed by atoms with van der Waals surface area (Å²) in [5, 5.41) is 2.17. The second kappa shape index (κ2) is 5.58. The van der Waals surface area contributed by atoms with E-state index in [0.717, 1.165) is 12.3 Å². The van der Waals surface area contributed by atoms with Crippen LogP contribution in [-0.2, 0) is 9.53 Å². The fourth-order valence-corrected chi connectivity index (χ4v) is 1.28. The van der Waals surface area contributed by atoms with Gasteiger partial charge in [0.2, 0.25) is 0 Å². The van der Waals surface area contributed by atoms with Crippen molar-refractivity contribution in [2.24, 2.45) is 0 Å². The Bertz CT molecular complexity index is 453. The van der Waals surface area contributed by atoms with Crippen LogP contribution in [0.5, 0.6) is 0 Å². The molecule has 17 heavy (non-hydrogen) atoms. The zero-order chi connectivity index (χ0) is 13.0. The van der Waals surface area contributed by atoms with Crippen LogP contribution in [0.25, 0.3) is 0 Å². The predicted molar refractivity (Wildman–Crippen MR) is 58.1 cm³/mol. The van der Waals surface area contributed by atoms with E-state index in [0.29, 0.717) is 0 Å². The van der Waals surface area contributed by atoms with E-state index >= 15 is 0 Å². The van der Waals surface area contributed by atoms with Crippen molar-refractivity contribution in [1.29, 1.82) is 0 Å². The monoisotopic (exact) mass is 260 g/mol. The lowest BCUT2D eigenvalue weighted by Gasteiger charge is -2.11. The minimum atomic E-state index is -0.855. The lowest BCUT2D eigenvalue weighted by atomic mass is 10.2. The zero-order valence-electron chi connectivity index (χ0n) is 9.16. The van der Waals surface area contributed by atoms with Gasteiger partial charge in [0, 0.05) is 0 Å². The fourth-order valence-electron chi connectivity index (χ4n) is 1.09. The molecule has 0 aliphatic heterocycles. The third kappa shape index (κ3) is 3.39. The molecule has 1 atom stereocenters. The van der Waals surface area contributed by atoms with Crippen LogP contribution in [0.15, 0.2) is 12.3 Å². The summed E-state index contributed by atoms with van der Waals surface area (Å²) >= 11 is 5.63. The lowest BCUT2D eigenvalue weighted by molar-refractivity contribution is -0.142. The second-order valence-corrected chi connectivity index (χ2v) is 3.57. The van der Waals surface area contributed by atoms with Crippen LogP contribution in [0.2, 0.25) is 5.15 Å². The van der Waals surface area contributed by atoms with Crippen molar-refractivity contribution >= 4 is 23.5 Å². The average Bonchev–Trinajstić information content (AvgIpc) is 2.30. The normalized spacial score (nSPS) is 11.8.